The van der Waals surface area contributed by atoms with Crippen LogP contribution in [0.5, 0.6) is 0 Å². The first-order chi connectivity index (χ1) is 10.3. The number of hydrogen-bond acceptors (Lipinski definition) is 1. The van der Waals surface area contributed by atoms with E-state index < -0.39 is 17.7 Å². The lowest BCUT2D eigenvalue weighted by Crippen LogP contribution is -2.07. The van der Waals surface area contributed by atoms with Gasteiger partial charge in [-0.2, -0.15) is 13.2 Å². The molecule has 0 radical (unpaired) electrons. The largest absolute Gasteiger partial charge is 0.478 e. The number of benzene rings is 3. The van der Waals surface area contributed by atoms with Gasteiger partial charge in [-0.15, -0.1) is 0 Å². The zero-order valence-corrected chi connectivity index (χ0v) is 11.7. The summed E-state index contributed by atoms with van der Waals surface area (Å²) in [5.41, 5.74) is -1.05. The molecule has 0 aliphatic rings. The minimum atomic E-state index is -4.58. The number of fused-ring (bicyclic) bond motifs is 3. The number of hydrogen-bond donors (Lipinski definition) is 1. The summed E-state index contributed by atoms with van der Waals surface area (Å²) in [6.07, 6.45) is -4.58. The molecule has 0 aliphatic carbocycles. The van der Waals surface area contributed by atoms with Crippen molar-refractivity contribution < 1.29 is 23.1 Å². The van der Waals surface area contributed by atoms with Crippen LogP contribution in [0.3, 0.4) is 0 Å². The normalized spacial score (nSPS) is 12.0. The maximum Gasteiger partial charge on any atom is 0.417 e. The Morgan fingerprint density at radius 2 is 1.77 bits per heavy atom. The standard InChI is InChI=1S/C16H8ClF3O2/c17-9-4-5-10-8(6-9)7-12(15(21)22)11-2-1-3-13(14(10)11)16(18,19)20/h1-7H,(H,21,22). The van der Waals surface area contributed by atoms with Gasteiger partial charge in [0.05, 0.1) is 11.1 Å². The van der Waals surface area contributed by atoms with Crippen LogP contribution in [0.25, 0.3) is 21.5 Å². The van der Waals surface area contributed by atoms with Crippen LogP contribution in [-0.2, 0) is 6.18 Å². The monoisotopic (exact) mass is 324 g/mol. The van der Waals surface area contributed by atoms with Crippen molar-refractivity contribution in [1.82, 2.24) is 0 Å². The summed E-state index contributed by atoms with van der Waals surface area (Å²) in [6.45, 7) is 0. The van der Waals surface area contributed by atoms with Crippen molar-refractivity contribution in [2.45, 2.75) is 6.18 Å². The molecule has 0 spiro atoms. The molecule has 0 fully saturated rings. The highest BCUT2D eigenvalue weighted by Crippen LogP contribution is 2.40. The van der Waals surface area contributed by atoms with Gasteiger partial charge < -0.3 is 5.11 Å². The lowest BCUT2D eigenvalue weighted by atomic mass is 9.93. The summed E-state index contributed by atoms with van der Waals surface area (Å²) in [5.74, 6) is -1.29. The van der Waals surface area contributed by atoms with Crippen molar-refractivity contribution in [1.29, 1.82) is 0 Å². The second-order valence-corrected chi connectivity index (χ2v) is 5.26. The van der Waals surface area contributed by atoms with E-state index in [0.717, 1.165) is 6.07 Å². The molecule has 0 unspecified atom stereocenters. The van der Waals surface area contributed by atoms with Crippen molar-refractivity contribution in [3.8, 4) is 0 Å². The molecule has 2 nitrogen and oxygen atoms in total. The molecule has 3 aromatic carbocycles. The number of alkyl halides is 3. The zero-order valence-electron chi connectivity index (χ0n) is 10.9. The number of rotatable bonds is 1. The van der Waals surface area contributed by atoms with Crippen molar-refractivity contribution in [2.24, 2.45) is 0 Å². The van der Waals surface area contributed by atoms with E-state index in [1.807, 2.05) is 0 Å². The second-order valence-electron chi connectivity index (χ2n) is 4.82. The Labute approximate surface area is 127 Å². The summed E-state index contributed by atoms with van der Waals surface area (Å²) < 4.78 is 39.9. The lowest BCUT2D eigenvalue weighted by molar-refractivity contribution is -0.136. The van der Waals surface area contributed by atoms with Crippen molar-refractivity contribution in [3.63, 3.8) is 0 Å². The second kappa shape index (κ2) is 4.88. The average molecular weight is 325 g/mol. The molecule has 3 aromatic rings. The van der Waals surface area contributed by atoms with E-state index in [-0.39, 0.29) is 16.3 Å². The van der Waals surface area contributed by atoms with Gasteiger partial charge in [-0.05, 0) is 40.4 Å². The number of carboxylic acid groups (broad SMARTS) is 1. The third-order valence-electron chi connectivity index (χ3n) is 3.47. The fraction of sp³-hybridized carbons (Fsp3) is 0.0625. The average Bonchev–Trinajstić information content (AvgIpc) is 2.44. The molecule has 0 saturated carbocycles. The predicted octanol–water partition coefficient (Wildman–Crippen LogP) is 5.36. The van der Waals surface area contributed by atoms with Gasteiger partial charge in [0.1, 0.15) is 0 Å². The molecular formula is C16H8ClF3O2. The third kappa shape index (κ3) is 2.27. The van der Waals surface area contributed by atoms with Crippen LogP contribution in [0.2, 0.25) is 5.02 Å². The summed E-state index contributed by atoms with van der Waals surface area (Å²) in [7, 11) is 0. The van der Waals surface area contributed by atoms with Crippen LogP contribution in [0.4, 0.5) is 13.2 Å². The van der Waals surface area contributed by atoms with Gasteiger partial charge in [0.15, 0.2) is 0 Å². The zero-order chi connectivity index (χ0) is 16.1. The molecule has 1 N–H and O–H groups in total. The predicted molar refractivity (Wildman–Crippen MR) is 78.4 cm³/mol. The highest BCUT2D eigenvalue weighted by Gasteiger charge is 2.33. The number of aromatic carboxylic acids is 1. The van der Waals surface area contributed by atoms with Crippen LogP contribution in [0.15, 0.2) is 42.5 Å². The number of halogens is 4. The first-order valence-corrected chi connectivity index (χ1v) is 6.62. The Kier molecular flexibility index (Phi) is 3.25. The fourth-order valence-corrected chi connectivity index (χ4v) is 2.77. The molecule has 0 atom stereocenters. The fourth-order valence-electron chi connectivity index (χ4n) is 2.59. The van der Waals surface area contributed by atoms with E-state index >= 15 is 0 Å². The molecule has 0 bridgehead atoms. The molecule has 3 rings (SSSR count). The van der Waals surface area contributed by atoms with E-state index in [0.29, 0.717) is 15.8 Å². The van der Waals surface area contributed by atoms with E-state index in [1.54, 1.807) is 0 Å². The Morgan fingerprint density at radius 1 is 1.05 bits per heavy atom. The molecule has 112 valence electrons. The van der Waals surface area contributed by atoms with Gasteiger partial charge in [0.25, 0.3) is 0 Å². The summed E-state index contributed by atoms with van der Waals surface area (Å²) in [5, 5.41) is 10.2. The van der Waals surface area contributed by atoms with Gasteiger partial charge in [-0.3, -0.25) is 0 Å². The third-order valence-corrected chi connectivity index (χ3v) is 3.71. The highest BCUT2D eigenvalue weighted by molar-refractivity contribution is 6.32. The molecule has 0 saturated heterocycles. The minimum absolute atomic E-state index is 0.0529. The molecule has 0 heterocycles. The van der Waals surface area contributed by atoms with Crippen molar-refractivity contribution in [3.05, 3.63) is 58.6 Å². The summed E-state index contributed by atoms with van der Waals surface area (Å²) in [4.78, 5) is 11.4. The number of carbonyl (C=O) groups is 1. The Morgan fingerprint density at radius 3 is 2.41 bits per heavy atom. The Bertz CT molecular complexity index is 917. The van der Waals surface area contributed by atoms with Gasteiger partial charge in [-0.1, -0.05) is 29.8 Å². The first kappa shape index (κ1) is 14.7. The van der Waals surface area contributed by atoms with E-state index in [1.165, 1.54) is 36.4 Å². The van der Waals surface area contributed by atoms with Gasteiger partial charge in [0, 0.05) is 10.4 Å². The molecular weight excluding hydrogens is 317 g/mol. The molecule has 22 heavy (non-hydrogen) atoms. The van der Waals surface area contributed by atoms with Gasteiger partial charge in [0.2, 0.25) is 0 Å². The summed E-state index contributed by atoms with van der Waals surface area (Å²) in [6, 6.07) is 9.28. The maximum absolute atomic E-state index is 13.3. The van der Waals surface area contributed by atoms with Crippen LogP contribution >= 0.6 is 11.6 Å². The smallest absolute Gasteiger partial charge is 0.417 e. The summed E-state index contributed by atoms with van der Waals surface area (Å²) >= 11 is 5.86. The first-order valence-electron chi connectivity index (χ1n) is 6.24. The quantitative estimate of drug-likeness (QED) is 0.611. The van der Waals surface area contributed by atoms with Gasteiger partial charge >= 0.3 is 12.1 Å². The van der Waals surface area contributed by atoms with Crippen LogP contribution in [0, 0.1) is 0 Å². The Balaban J connectivity index is 2.61. The van der Waals surface area contributed by atoms with E-state index in [9.17, 15) is 23.1 Å². The lowest BCUT2D eigenvalue weighted by Gasteiger charge is -2.14. The molecule has 0 amide bonds. The minimum Gasteiger partial charge on any atom is -0.478 e. The van der Waals surface area contributed by atoms with E-state index in [2.05, 4.69) is 0 Å². The maximum atomic E-state index is 13.3. The topological polar surface area (TPSA) is 37.3 Å². The molecule has 0 aromatic heterocycles. The van der Waals surface area contributed by atoms with Crippen molar-refractivity contribution in [2.75, 3.05) is 0 Å². The SMILES string of the molecule is O=C(O)c1cc2cc(Cl)ccc2c2c(C(F)(F)F)cccc12. The highest BCUT2D eigenvalue weighted by atomic mass is 35.5. The molecule has 6 heteroatoms. The molecule has 0 aliphatic heterocycles. The van der Waals surface area contributed by atoms with Crippen LogP contribution in [-0.4, -0.2) is 11.1 Å². The number of carboxylic acids is 1. The van der Waals surface area contributed by atoms with Crippen molar-refractivity contribution >= 4 is 39.1 Å². The van der Waals surface area contributed by atoms with E-state index in [4.69, 9.17) is 11.6 Å². The van der Waals surface area contributed by atoms with Crippen LogP contribution < -0.4 is 0 Å². The van der Waals surface area contributed by atoms with Gasteiger partial charge in [-0.25, -0.2) is 4.79 Å². The Hall–Kier alpha value is -2.27. The van der Waals surface area contributed by atoms with Crippen LogP contribution in [0.1, 0.15) is 15.9 Å².